The van der Waals surface area contributed by atoms with Crippen LogP contribution in [0.1, 0.15) is 6.92 Å². The first kappa shape index (κ1) is 11.4. The van der Waals surface area contributed by atoms with Crippen molar-refractivity contribution < 1.29 is 4.79 Å². The van der Waals surface area contributed by atoms with E-state index < -0.39 is 0 Å². The van der Waals surface area contributed by atoms with Gasteiger partial charge in [0.15, 0.2) is 0 Å². The van der Waals surface area contributed by atoms with Gasteiger partial charge in [-0.3, -0.25) is 4.79 Å². The van der Waals surface area contributed by atoms with Gasteiger partial charge in [0.2, 0.25) is 5.91 Å². The van der Waals surface area contributed by atoms with Gasteiger partial charge in [0.25, 0.3) is 0 Å². The van der Waals surface area contributed by atoms with Crippen LogP contribution in [0.5, 0.6) is 0 Å². The minimum absolute atomic E-state index is 0.0312. The van der Waals surface area contributed by atoms with Gasteiger partial charge in [0.1, 0.15) is 0 Å². The van der Waals surface area contributed by atoms with Crippen molar-refractivity contribution in [3.63, 3.8) is 0 Å². The third kappa shape index (κ3) is 2.36. The summed E-state index contributed by atoms with van der Waals surface area (Å²) in [5, 5.41) is 3.93. The third-order valence-corrected chi connectivity index (χ3v) is 4.04. The minimum Gasteiger partial charge on any atom is -0.325 e. The van der Waals surface area contributed by atoms with Crippen molar-refractivity contribution in [2.75, 3.05) is 11.6 Å². The molecule has 84 valence electrons. The van der Waals surface area contributed by atoms with Gasteiger partial charge in [-0.1, -0.05) is 0 Å². The van der Waals surface area contributed by atoms with Crippen LogP contribution in [-0.2, 0) is 4.79 Å². The number of carbonyl (C=O) groups excluding carboxylic acids is 1. The molecule has 0 aliphatic carbocycles. The number of anilines is 1. The smallest absolute Gasteiger partial charge is 0.237 e. The first-order valence-electron chi connectivity index (χ1n) is 4.89. The fourth-order valence-electron chi connectivity index (χ4n) is 1.30. The topological polar surface area (TPSA) is 42.0 Å². The Balaban J connectivity index is 2.17. The van der Waals surface area contributed by atoms with Crippen LogP contribution in [0.2, 0.25) is 0 Å². The van der Waals surface area contributed by atoms with Gasteiger partial charge >= 0.3 is 0 Å². The molecule has 0 saturated heterocycles. The number of nitrogens with one attached hydrogen (secondary N) is 1. The molecule has 1 amide bonds. The molecule has 0 spiro atoms. The Labute approximate surface area is 102 Å². The van der Waals surface area contributed by atoms with E-state index in [0.29, 0.717) is 0 Å². The lowest BCUT2D eigenvalue weighted by molar-refractivity contribution is -0.115. The fourth-order valence-corrected chi connectivity index (χ4v) is 2.20. The van der Waals surface area contributed by atoms with Gasteiger partial charge < -0.3 is 5.32 Å². The van der Waals surface area contributed by atoms with Gasteiger partial charge in [-0.05, 0) is 42.9 Å². The SMILES string of the molecule is CS[C@H](C)C(=O)Nc1ccc2sncc2c1. The molecule has 0 bridgehead atoms. The average molecular weight is 252 g/mol. The lowest BCUT2D eigenvalue weighted by Crippen LogP contribution is -2.21. The summed E-state index contributed by atoms with van der Waals surface area (Å²) in [6.45, 7) is 1.89. The monoisotopic (exact) mass is 252 g/mol. The Morgan fingerprint density at radius 3 is 3.12 bits per heavy atom. The second kappa shape index (κ2) is 4.84. The van der Waals surface area contributed by atoms with Crippen LogP contribution < -0.4 is 5.32 Å². The highest BCUT2D eigenvalue weighted by molar-refractivity contribution is 7.99. The minimum atomic E-state index is -0.0312. The molecule has 1 aromatic heterocycles. The first-order chi connectivity index (χ1) is 7.70. The van der Waals surface area contributed by atoms with Gasteiger partial charge in [-0.15, -0.1) is 0 Å². The molecule has 0 aliphatic heterocycles. The Morgan fingerprint density at radius 2 is 2.38 bits per heavy atom. The summed E-state index contributed by atoms with van der Waals surface area (Å²) in [6.07, 6.45) is 3.74. The van der Waals surface area contributed by atoms with E-state index in [-0.39, 0.29) is 11.2 Å². The van der Waals surface area contributed by atoms with Crippen LogP contribution >= 0.6 is 23.3 Å². The van der Waals surface area contributed by atoms with Gasteiger partial charge in [-0.25, -0.2) is 0 Å². The van der Waals surface area contributed by atoms with Crippen LogP contribution in [-0.4, -0.2) is 21.8 Å². The molecule has 1 aromatic carbocycles. The summed E-state index contributed by atoms with van der Waals surface area (Å²) < 4.78 is 5.23. The number of amides is 1. The van der Waals surface area contributed by atoms with Crippen LogP contribution in [0.15, 0.2) is 24.4 Å². The van der Waals surface area contributed by atoms with Crippen LogP contribution in [0.4, 0.5) is 5.69 Å². The average Bonchev–Trinajstić information content (AvgIpc) is 2.75. The Hall–Kier alpha value is -1.07. The lowest BCUT2D eigenvalue weighted by atomic mass is 10.2. The molecule has 0 unspecified atom stereocenters. The van der Waals surface area contributed by atoms with E-state index in [1.54, 1.807) is 0 Å². The van der Waals surface area contributed by atoms with Gasteiger partial charge in [0, 0.05) is 17.3 Å². The quantitative estimate of drug-likeness (QED) is 0.913. The predicted molar refractivity (Wildman–Crippen MR) is 71.2 cm³/mol. The molecule has 1 N–H and O–H groups in total. The number of nitrogens with zero attached hydrogens (tertiary/aromatic N) is 1. The van der Waals surface area contributed by atoms with Crippen molar-refractivity contribution in [3.8, 4) is 0 Å². The van der Waals surface area contributed by atoms with Crippen molar-refractivity contribution >= 4 is 45.0 Å². The van der Waals surface area contributed by atoms with Gasteiger partial charge in [0.05, 0.1) is 9.95 Å². The number of hydrogen-bond acceptors (Lipinski definition) is 4. The third-order valence-electron chi connectivity index (χ3n) is 2.34. The van der Waals surface area contributed by atoms with Crippen LogP contribution in [0, 0.1) is 0 Å². The van der Waals surface area contributed by atoms with E-state index in [2.05, 4.69) is 9.69 Å². The van der Waals surface area contributed by atoms with Crippen molar-refractivity contribution in [3.05, 3.63) is 24.4 Å². The molecule has 2 aromatic rings. The molecule has 16 heavy (non-hydrogen) atoms. The molecule has 1 heterocycles. The van der Waals surface area contributed by atoms with E-state index in [1.165, 1.54) is 23.3 Å². The van der Waals surface area contributed by atoms with E-state index in [1.807, 2.05) is 37.6 Å². The molecule has 0 radical (unpaired) electrons. The van der Waals surface area contributed by atoms with E-state index >= 15 is 0 Å². The van der Waals surface area contributed by atoms with Crippen molar-refractivity contribution in [2.24, 2.45) is 0 Å². The number of rotatable bonds is 3. The first-order valence-corrected chi connectivity index (χ1v) is 6.95. The molecule has 0 saturated carbocycles. The molecule has 3 nitrogen and oxygen atoms in total. The Bertz CT molecular complexity index is 509. The molecular formula is C11H12N2OS2. The summed E-state index contributed by atoms with van der Waals surface area (Å²) in [5.74, 6) is 0.0371. The zero-order chi connectivity index (χ0) is 11.5. The molecule has 2 rings (SSSR count). The van der Waals surface area contributed by atoms with E-state index in [4.69, 9.17) is 0 Å². The second-order valence-corrected chi connectivity index (χ2v) is 5.46. The Morgan fingerprint density at radius 1 is 1.56 bits per heavy atom. The lowest BCUT2D eigenvalue weighted by Gasteiger charge is -2.09. The maximum atomic E-state index is 11.7. The Kier molecular flexibility index (Phi) is 3.46. The van der Waals surface area contributed by atoms with E-state index in [9.17, 15) is 4.79 Å². The maximum Gasteiger partial charge on any atom is 0.237 e. The molecular weight excluding hydrogens is 240 g/mol. The summed E-state index contributed by atoms with van der Waals surface area (Å²) in [6, 6.07) is 5.83. The zero-order valence-corrected chi connectivity index (χ0v) is 10.7. The molecule has 1 atom stereocenters. The number of hydrogen-bond donors (Lipinski definition) is 1. The zero-order valence-electron chi connectivity index (χ0n) is 9.06. The van der Waals surface area contributed by atoms with Crippen LogP contribution in [0.25, 0.3) is 10.1 Å². The van der Waals surface area contributed by atoms with Crippen molar-refractivity contribution in [1.82, 2.24) is 4.37 Å². The number of aromatic nitrogens is 1. The summed E-state index contributed by atoms with van der Waals surface area (Å²) in [4.78, 5) is 11.7. The predicted octanol–water partition coefficient (Wildman–Crippen LogP) is 2.99. The summed E-state index contributed by atoms with van der Waals surface area (Å²) in [7, 11) is 0. The standard InChI is InChI=1S/C11H12N2OS2/c1-7(15-2)11(14)13-9-3-4-10-8(5-9)6-12-16-10/h3-7H,1-2H3,(H,13,14)/t7-/m1/s1. The molecule has 5 heteroatoms. The second-order valence-electron chi connectivity index (χ2n) is 3.45. The van der Waals surface area contributed by atoms with Gasteiger partial charge in [-0.2, -0.15) is 16.1 Å². The largest absolute Gasteiger partial charge is 0.325 e. The number of thioether (sulfide) groups is 1. The normalized spacial score (nSPS) is 12.6. The van der Waals surface area contributed by atoms with E-state index in [0.717, 1.165) is 15.8 Å². The highest BCUT2D eigenvalue weighted by Gasteiger charge is 2.11. The number of fused-ring (bicyclic) bond motifs is 1. The maximum absolute atomic E-state index is 11.7. The number of benzene rings is 1. The summed E-state index contributed by atoms with van der Waals surface area (Å²) >= 11 is 2.99. The number of carbonyl (C=O) groups is 1. The van der Waals surface area contributed by atoms with Crippen molar-refractivity contribution in [1.29, 1.82) is 0 Å². The fraction of sp³-hybridized carbons (Fsp3) is 0.273. The summed E-state index contributed by atoms with van der Waals surface area (Å²) in [5.41, 5.74) is 0.832. The van der Waals surface area contributed by atoms with Crippen LogP contribution in [0.3, 0.4) is 0 Å². The molecule has 0 fully saturated rings. The molecule has 0 aliphatic rings. The van der Waals surface area contributed by atoms with Crippen molar-refractivity contribution in [2.45, 2.75) is 12.2 Å². The highest BCUT2D eigenvalue weighted by atomic mass is 32.2. The highest BCUT2D eigenvalue weighted by Crippen LogP contribution is 2.22.